The van der Waals surface area contributed by atoms with Crippen LogP contribution in [0, 0.1) is 0 Å². The summed E-state index contributed by atoms with van der Waals surface area (Å²) in [7, 11) is -3.04. The van der Waals surface area contributed by atoms with Gasteiger partial charge < -0.3 is 0 Å². The average Bonchev–Trinajstić information content (AvgIpc) is 2.34. The Kier molecular flexibility index (Phi) is 7.04. The Morgan fingerprint density at radius 1 is 1.24 bits per heavy atom. The summed E-state index contributed by atoms with van der Waals surface area (Å²) in [4.78, 5) is 0. The van der Waals surface area contributed by atoms with Crippen molar-refractivity contribution in [3.05, 3.63) is 0 Å². The van der Waals surface area contributed by atoms with Crippen molar-refractivity contribution in [1.82, 2.24) is 4.31 Å². The Bertz CT molecular complexity index is 300. The van der Waals surface area contributed by atoms with Gasteiger partial charge in [-0.05, 0) is 19.3 Å². The highest BCUT2D eigenvalue weighted by Crippen LogP contribution is 2.25. The van der Waals surface area contributed by atoms with E-state index in [-0.39, 0.29) is 6.04 Å². The number of unbranched alkanes of at least 4 members (excludes halogenated alkanes) is 1. The summed E-state index contributed by atoms with van der Waals surface area (Å²) in [6, 6.07) is 0.253. The molecule has 0 atom stereocenters. The molecule has 0 unspecified atom stereocenters. The smallest absolute Gasteiger partial charge is 0.212 e. The van der Waals surface area contributed by atoms with Crippen LogP contribution in [0.2, 0.25) is 0 Å². The van der Waals surface area contributed by atoms with Crippen LogP contribution < -0.4 is 0 Å². The van der Waals surface area contributed by atoms with Crippen LogP contribution in [0.1, 0.15) is 51.9 Å². The Hall–Kier alpha value is 0.390. The van der Waals surface area contributed by atoms with Crippen LogP contribution in [0.5, 0.6) is 0 Å². The molecule has 1 fully saturated rings. The number of hydrogen-bond acceptors (Lipinski definition) is 2. The largest absolute Gasteiger partial charge is 0.214 e. The van der Waals surface area contributed by atoms with Crippen LogP contribution in [0.25, 0.3) is 0 Å². The number of nitrogens with zero attached hydrogens (tertiary/aromatic N) is 1. The summed E-state index contributed by atoms with van der Waals surface area (Å²) >= 11 is 3.37. The molecular weight excluding hydrogens is 302 g/mol. The highest BCUT2D eigenvalue weighted by molar-refractivity contribution is 9.09. The molecule has 1 aliphatic rings. The second-order valence-electron chi connectivity index (χ2n) is 4.76. The number of rotatable bonds is 7. The minimum absolute atomic E-state index is 0.253. The normalized spacial score (nSPS) is 18.8. The molecule has 102 valence electrons. The van der Waals surface area contributed by atoms with E-state index in [0.717, 1.165) is 31.0 Å². The monoisotopic (exact) mass is 325 g/mol. The van der Waals surface area contributed by atoms with E-state index in [2.05, 4.69) is 15.9 Å². The van der Waals surface area contributed by atoms with E-state index in [1.807, 2.05) is 6.92 Å². The van der Waals surface area contributed by atoms with Gasteiger partial charge in [0.25, 0.3) is 0 Å². The molecular formula is C12H24BrNO2S. The van der Waals surface area contributed by atoms with E-state index in [1.165, 1.54) is 19.3 Å². The van der Waals surface area contributed by atoms with Crippen molar-refractivity contribution >= 4 is 26.0 Å². The van der Waals surface area contributed by atoms with Crippen LogP contribution in [-0.4, -0.2) is 36.4 Å². The Morgan fingerprint density at radius 2 is 1.88 bits per heavy atom. The van der Waals surface area contributed by atoms with Crippen LogP contribution in [-0.2, 0) is 10.0 Å². The molecule has 0 saturated heterocycles. The standard InChI is InChI=1S/C12H24BrNO2S/c1-2-3-11-17(15,16)14(10-9-13)12-7-5-4-6-8-12/h12H,2-11H2,1H3. The van der Waals surface area contributed by atoms with Gasteiger partial charge in [-0.3, -0.25) is 0 Å². The van der Waals surface area contributed by atoms with E-state index in [9.17, 15) is 8.42 Å². The van der Waals surface area contributed by atoms with Gasteiger partial charge in [-0.25, -0.2) is 8.42 Å². The quantitative estimate of drug-likeness (QED) is 0.674. The summed E-state index contributed by atoms with van der Waals surface area (Å²) in [6.07, 6.45) is 7.39. The Balaban J connectivity index is 2.68. The number of hydrogen-bond donors (Lipinski definition) is 0. The van der Waals surface area contributed by atoms with Crippen LogP contribution in [0.4, 0.5) is 0 Å². The highest BCUT2D eigenvalue weighted by atomic mass is 79.9. The Morgan fingerprint density at radius 3 is 2.41 bits per heavy atom. The van der Waals surface area contributed by atoms with Crippen LogP contribution >= 0.6 is 15.9 Å². The van der Waals surface area contributed by atoms with Gasteiger partial charge in [0.15, 0.2) is 0 Å². The molecule has 0 amide bonds. The lowest BCUT2D eigenvalue weighted by Crippen LogP contribution is -2.43. The highest BCUT2D eigenvalue weighted by Gasteiger charge is 2.29. The molecule has 1 saturated carbocycles. The molecule has 0 heterocycles. The minimum atomic E-state index is -3.04. The summed E-state index contributed by atoms with van der Waals surface area (Å²) < 4.78 is 26.3. The van der Waals surface area contributed by atoms with Gasteiger partial charge in [0.05, 0.1) is 5.75 Å². The van der Waals surface area contributed by atoms with E-state index in [0.29, 0.717) is 12.3 Å². The van der Waals surface area contributed by atoms with Crippen molar-refractivity contribution in [3.63, 3.8) is 0 Å². The molecule has 0 bridgehead atoms. The molecule has 1 rings (SSSR count). The third-order valence-electron chi connectivity index (χ3n) is 3.40. The van der Waals surface area contributed by atoms with Gasteiger partial charge >= 0.3 is 0 Å². The first-order valence-corrected chi connectivity index (χ1v) is 9.40. The molecule has 17 heavy (non-hydrogen) atoms. The zero-order valence-corrected chi connectivity index (χ0v) is 13.1. The average molecular weight is 326 g/mol. The van der Waals surface area contributed by atoms with Gasteiger partial charge in [-0.2, -0.15) is 4.31 Å². The molecule has 5 heteroatoms. The summed E-state index contributed by atoms with van der Waals surface area (Å²) in [5.74, 6) is 0.312. The maximum Gasteiger partial charge on any atom is 0.214 e. The number of halogens is 1. The summed E-state index contributed by atoms with van der Waals surface area (Å²) in [5, 5.41) is 0.731. The van der Waals surface area contributed by atoms with Gasteiger partial charge in [0.2, 0.25) is 10.0 Å². The summed E-state index contributed by atoms with van der Waals surface area (Å²) in [5.41, 5.74) is 0. The van der Waals surface area contributed by atoms with Gasteiger partial charge in [0.1, 0.15) is 0 Å². The van der Waals surface area contributed by atoms with E-state index in [4.69, 9.17) is 0 Å². The lowest BCUT2D eigenvalue weighted by Gasteiger charge is -2.33. The molecule has 1 aliphatic carbocycles. The number of alkyl halides is 1. The molecule has 0 aliphatic heterocycles. The van der Waals surface area contributed by atoms with Gasteiger partial charge in [0, 0.05) is 17.9 Å². The molecule has 0 spiro atoms. The van der Waals surface area contributed by atoms with E-state index < -0.39 is 10.0 Å². The van der Waals surface area contributed by atoms with Crippen molar-refractivity contribution in [2.24, 2.45) is 0 Å². The van der Waals surface area contributed by atoms with Crippen molar-refractivity contribution in [2.75, 3.05) is 17.6 Å². The first-order chi connectivity index (χ1) is 8.11. The third kappa shape index (κ3) is 4.87. The maximum absolute atomic E-state index is 12.3. The van der Waals surface area contributed by atoms with Crippen molar-refractivity contribution in [1.29, 1.82) is 0 Å². The van der Waals surface area contributed by atoms with E-state index >= 15 is 0 Å². The SMILES string of the molecule is CCCCS(=O)(=O)N(CCBr)C1CCCCC1. The molecule has 0 aromatic heterocycles. The van der Waals surface area contributed by atoms with Crippen LogP contribution in [0.15, 0.2) is 0 Å². The van der Waals surface area contributed by atoms with Crippen molar-refractivity contribution in [2.45, 2.75) is 57.9 Å². The topological polar surface area (TPSA) is 37.4 Å². The van der Waals surface area contributed by atoms with Crippen LogP contribution in [0.3, 0.4) is 0 Å². The molecule has 3 nitrogen and oxygen atoms in total. The molecule has 0 aromatic rings. The fourth-order valence-corrected chi connectivity index (χ4v) is 4.98. The first kappa shape index (κ1) is 15.4. The van der Waals surface area contributed by atoms with Gasteiger partial charge in [-0.15, -0.1) is 0 Å². The fraction of sp³-hybridized carbons (Fsp3) is 1.00. The van der Waals surface area contributed by atoms with Crippen molar-refractivity contribution < 1.29 is 8.42 Å². The maximum atomic E-state index is 12.3. The fourth-order valence-electron chi connectivity index (χ4n) is 2.45. The lowest BCUT2D eigenvalue weighted by molar-refractivity contribution is 0.263. The zero-order valence-electron chi connectivity index (χ0n) is 10.7. The second kappa shape index (κ2) is 7.74. The first-order valence-electron chi connectivity index (χ1n) is 6.67. The second-order valence-corrected chi connectivity index (χ2v) is 7.60. The number of sulfonamides is 1. The van der Waals surface area contributed by atoms with E-state index in [1.54, 1.807) is 4.31 Å². The molecule has 0 radical (unpaired) electrons. The molecule has 0 aromatic carbocycles. The predicted octanol–water partition coefficient (Wildman–Crippen LogP) is 3.15. The summed E-state index contributed by atoms with van der Waals surface area (Å²) in [6.45, 7) is 2.65. The van der Waals surface area contributed by atoms with Crippen molar-refractivity contribution in [3.8, 4) is 0 Å². The lowest BCUT2D eigenvalue weighted by atomic mass is 9.95. The third-order valence-corrected chi connectivity index (χ3v) is 5.75. The Labute approximate surface area is 114 Å². The molecule has 0 N–H and O–H groups in total. The van der Waals surface area contributed by atoms with Gasteiger partial charge in [-0.1, -0.05) is 48.5 Å². The predicted molar refractivity (Wildman–Crippen MR) is 76.1 cm³/mol. The zero-order chi connectivity index (χ0) is 12.7. The minimum Gasteiger partial charge on any atom is -0.212 e.